The smallest absolute Gasteiger partial charge is 0.353 e. The Morgan fingerprint density at radius 3 is 2.61 bits per heavy atom. The van der Waals surface area contributed by atoms with Crippen molar-refractivity contribution in [1.29, 1.82) is 0 Å². The van der Waals surface area contributed by atoms with Gasteiger partial charge in [0, 0.05) is 41.7 Å². The lowest BCUT2D eigenvalue weighted by atomic mass is 9.78. The molecule has 0 spiro atoms. The summed E-state index contributed by atoms with van der Waals surface area (Å²) in [4.78, 5) is 53.9. The number of amides is 3. The fourth-order valence-corrected chi connectivity index (χ4v) is 7.30. The number of nitrogens with zero attached hydrogens (tertiary/aromatic N) is 6. The minimum absolute atomic E-state index is 0.0402. The number of likely N-dealkylation sites (tertiary alicyclic amines) is 1. The van der Waals surface area contributed by atoms with Crippen LogP contribution in [-0.2, 0) is 25.7 Å². The molecule has 0 aromatic carbocycles. The first-order valence-corrected chi connectivity index (χ1v) is 13.3. The summed E-state index contributed by atoms with van der Waals surface area (Å²) >= 11 is 1.36. The number of hydrogen-bond acceptors (Lipinski definition) is 11. The second kappa shape index (κ2) is 10.2. The van der Waals surface area contributed by atoms with Gasteiger partial charge in [0.15, 0.2) is 0 Å². The highest BCUT2D eigenvalue weighted by molar-refractivity contribution is 8.03. The monoisotopic (exact) mass is 550 g/mol. The van der Waals surface area contributed by atoms with Crippen LogP contribution in [0.15, 0.2) is 16.9 Å². The van der Waals surface area contributed by atoms with Crippen molar-refractivity contribution in [3.8, 4) is 0 Å². The van der Waals surface area contributed by atoms with Crippen LogP contribution in [0.3, 0.4) is 0 Å². The largest absolute Gasteiger partial charge is 0.477 e. The van der Waals surface area contributed by atoms with Crippen LogP contribution < -0.4 is 10.6 Å². The van der Waals surface area contributed by atoms with E-state index in [1.165, 1.54) is 32.6 Å². The van der Waals surface area contributed by atoms with E-state index in [4.69, 9.17) is 0 Å². The molecule has 4 aliphatic heterocycles. The lowest BCUT2D eigenvalue weighted by Gasteiger charge is -2.47. The van der Waals surface area contributed by atoms with Gasteiger partial charge in [0.1, 0.15) is 18.6 Å². The third-order valence-corrected chi connectivity index (χ3v) is 9.18. The van der Waals surface area contributed by atoms with Crippen LogP contribution in [-0.4, -0.2) is 124 Å². The van der Waals surface area contributed by atoms with E-state index >= 15 is 0 Å². The van der Waals surface area contributed by atoms with Gasteiger partial charge in [0.05, 0.1) is 30.2 Å². The summed E-state index contributed by atoms with van der Waals surface area (Å²) in [5, 5.41) is 46.0. The number of carboxylic acid groups (broad SMARTS) is 1. The van der Waals surface area contributed by atoms with E-state index < -0.39 is 42.2 Å². The molecular weight excluding hydrogens is 520 g/mol. The average molecular weight is 551 g/mol. The Kier molecular flexibility index (Phi) is 7.15. The van der Waals surface area contributed by atoms with Crippen LogP contribution in [0.5, 0.6) is 0 Å². The first-order valence-electron chi connectivity index (χ1n) is 12.4. The predicted octanol–water partition coefficient (Wildman–Crippen LogP) is -3.02. The normalized spacial score (nSPS) is 33.4. The van der Waals surface area contributed by atoms with Gasteiger partial charge >= 0.3 is 5.97 Å². The highest BCUT2D eigenvalue weighted by Crippen LogP contribution is 2.51. The molecule has 5 heterocycles. The Morgan fingerprint density at radius 2 is 1.97 bits per heavy atom. The van der Waals surface area contributed by atoms with Crippen LogP contribution in [0.4, 0.5) is 0 Å². The van der Waals surface area contributed by atoms with Gasteiger partial charge in [0.2, 0.25) is 17.7 Å². The minimum Gasteiger partial charge on any atom is -0.477 e. The molecule has 5 N–H and O–H groups in total. The standard InChI is InChI=1S/C22H30N8O7S/c1-9-17-16(10(2)25-15(33)7-29-8-24-26-27-29)21(35)30(17)18(22(36)37)19(9)38-11-3-12(23-4-11)20(34)28-5-13(31)14(32)6-28/h8-14,16-17,23,31-32H,3-7H2,1-2H3,(H,25,33)(H,36,37)/t9-,10-,11+,12+,13-,14-,16-,17-/m1/s1. The van der Waals surface area contributed by atoms with Crippen molar-refractivity contribution in [3.05, 3.63) is 16.9 Å². The molecule has 0 saturated carbocycles. The molecule has 1 aromatic rings. The van der Waals surface area contributed by atoms with Crippen LogP contribution in [0.1, 0.15) is 20.3 Å². The van der Waals surface area contributed by atoms with Crippen LogP contribution in [0.2, 0.25) is 0 Å². The molecule has 5 rings (SSSR count). The molecule has 0 bridgehead atoms. The lowest BCUT2D eigenvalue weighted by Crippen LogP contribution is -2.66. The number of carbonyl (C=O) groups is 4. The molecule has 3 saturated heterocycles. The fourth-order valence-electron chi connectivity index (χ4n) is 5.82. The molecule has 4 aliphatic rings. The highest BCUT2D eigenvalue weighted by Gasteiger charge is 2.60. The van der Waals surface area contributed by atoms with Crippen molar-refractivity contribution in [2.45, 2.75) is 62.4 Å². The van der Waals surface area contributed by atoms with E-state index in [9.17, 15) is 34.5 Å². The molecule has 38 heavy (non-hydrogen) atoms. The van der Waals surface area contributed by atoms with E-state index in [0.29, 0.717) is 17.9 Å². The van der Waals surface area contributed by atoms with E-state index in [2.05, 4.69) is 26.2 Å². The van der Waals surface area contributed by atoms with Crippen LogP contribution in [0, 0.1) is 11.8 Å². The number of carbonyl (C=O) groups excluding carboxylic acids is 3. The number of β-lactam (4-membered cyclic amide) rings is 1. The fraction of sp³-hybridized carbons (Fsp3) is 0.682. The van der Waals surface area contributed by atoms with E-state index in [1.807, 2.05) is 6.92 Å². The molecule has 0 radical (unpaired) electrons. The maximum Gasteiger partial charge on any atom is 0.353 e. The van der Waals surface area contributed by atoms with Crippen LogP contribution in [0.25, 0.3) is 0 Å². The van der Waals surface area contributed by atoms with Gasteiger partial charge < -0.3 is 35.8 Å². The third-order valence-electron chi connectivity index (χ3n) is 7.67. The van der Waals surface area contributed by atoms with Gasteiger partial charge in [-0.15, -0.1) is 16.9 Å². The van der Waals surface area contributed by atoms with Crippen molar-refractivity contribution in [1.82, 2.24) is 40.6 Å². The Balaban J connectivity index is 1.23. The maximum atomic E-state index is 13.1. The van der Waals surface area contributed by atoms with Gasteiger partial charge in [-0.3, -0.25) is 14.4 Å². The Morgan fingerprint density at radius 1 is 1.26 bits per heavy atom. The summed E-state index contributed by atoms with van der Waals surface area (Å²) in [6.07, 6.45) is -0.175. The number of hydrogen-bond donors (Lipinski definition) is 5. The summed E-state index contributed by atoms with van der Waals surface area (Å²) in [7, 11) is 0. The molecule has 3 amide bonds. The quantitative estimate of drug-likeness (QED) is 0.205. The first-order chi connectivity index (χ1) is 18.1. The number of rotatable bonds is 8. The number of aliphatic carboxylic acids is 1. The molecule has 16 heteroatoms. The van der Waals surface area contributed by atoms with Crippen molar-refractivity contribution < 1.29 is 34.5 Å². The Bertz CT molecular complexity index is 1150. The van der Waals surface area contributed by atoms with E-state index in [0.717, 1.165) is 0 Å². The van der Waals surface area contributed by atoms with Crippen LogP contribution >= 0.6 is 11.8 Å². The van der Waals surface area contributed by atoms with Gasteiger partial charge in [-0.2, -0.15) is 0 Å². The van der Waals surface area contributed by atoms with Gasteiger partial charge in [-0.1, -0.05) is 6.92 Å². The molecule has 0 aliphatic carbocycles. The SMILES string of the molecule is C[C@@H](NC(=O)Cn1cnnn1)[C@H]1C(=O)N2C(C(=O)O)=C(S[C@@H]3CN[C@H](C(=O)N4C[C@@H](O)[C@H](O)C4)C3)[C@H](C)[C@H]12. The summed E-state index contributed by atoms with van der Waals surface area (Å²) in [6, 6.07) is -1.44. The highest BCUT2D eigenvalue weighted by atomic mass is 32.2. The third kappa shape index (κ3) is 4.65. The zero-order valence-corrected chi connectivity index (χ0v) is 21.6. The number of thioether (sulfide) groups is 1. The predicted molar refractivity (Wildman–Crippen MR) is 130 cm³/mol. The van der Waals surface area contributed by atoms with Crippen molar-refractivity contribution >= 4 is 35.5 Å². The average Bonchev–Trinajstić information content (AvgIpc) is 3.63. The molecule has 206 valence electrons. The van der Waals surface area contributed by atoms with Gasteiger partial charge in [-0.25, -0.2) is 9.48 Å². The van der Waals surface area contributed by atoms with Gasteiger partial charge in [-0.05, 0) is 23.8 Å². The molecule has 3 fully saturated rings. The topological polar surface area (TPSA) is 203 Å². The van der Waals surface area contributed by atoms with E-state index in [1.54, 1.807) is 6.92 Å². The van der Waals surface area contributed by atoms with Crippen molar-refractivity contribution in [2.24, 2.45) is 11.8 Å². The maximum absolute atomic E-state index is 13.1. The number of β-amino-alcohol motifs (C(OH)–C–C–N with tert-alkyl or cyclic N) is 2. The molecule has 1 aromatic heterocycles. The Labute approximate surface area is 221 Å². The molecule has 0 unspecified atom stereocenters. The molecular formula is C22H30N8O7S. The number of aliphatic hydroxyl groups is 2. The summed E-state index contributed by atoms with van der Waals surface area (Å²) in [5.74, 6) is -2.98. The van der Waals surface area contributed by atoms with Gasteiger partial charge in [0.25, 0.3) is 0 Å². The Hall–Kier alpha value is -3.08. The second-order valence-electron chi connectivity index (χ2n) is 10.2. The molecule has 15 nitrogen and oxygen atoms in total. The first kappa shape index (κ1) is 26.5. The second-order valence-corrected chi connectivity index (χ2v) is 11.6. The van der Waals surface area contributed by atoms with Crippen molar-refractivity contribution in [2.75, 3.05) is 19.6 Å². The zero-order chi connectivity index (χ0) is 27.3. The summed E-state index contributed by atoms with van der Waals surface area (Å²) < 4.78 is 1.26. The minimum atomic E-state index is -1.19. The lowest BCUT2D eigenvalue weighted by molar-refractivity contribution is -0.158. The number of nitrogens with one attached hydrogen (secondary N) is 2. The summed E-state index contributed by atoms with van der Waals surface area (Å²) in [5.41, 5.74) is -0.0402. The summed E-state index contributed by atoms with van der Waals surface area (Å²) in [6.45, 7) is 4.11. The molecule has 8 atom stereocenters. The number of carboxylic acids is 1. The number of aromatic nitrogens is 4. The van der Waals surface area contributed by atoms with Crippen molar-refractivity contribution in [3.63, 3.8) is 0 Å². The zero-order valence-electron chi connectivity index (χ0n) is 20.8. The number of fused-ring (bicyclic) bond motifs is 1. The number of tetrazole rings is 1. The van der Waals surface area contributed by atoms with E-state index in [-0.39, 0.29) is 54.2 Å². The number of aliphatic hydroxyl groups excluding tert-OH is 2.